The van der Waals surface area contributed by atoms with E-state index in [9.17, 15) is 4.91 Å². The molecule has 1 aliphatic rings. The predicted octanol–water partition coefficient (Wildman–Crippen LogP) is 4.75. The Morgan fingerprint density at radius 1 is 1.37 bits per heavy atom. The van der Waals surface area contributed by atoms with Gasteiger partial charge in [0, 0.05) is 5.69 Å². The molecule has 0 fully saturated rings. The van der Waals surface area contributed by atoms with Crippen LogP contribution in [0.4, 0.5) is 5.69 Å². The van der Waals surface area contributed by atoms with Crippen molar-refractivity contribution in [3.05, 3.63) is 27.9 Å². The molecule has 0 N–H and O–H groups in total. The van der Waals surface area contributed by atoms with Crippen molar-refractivity contribution < 1.29 is 0 Å². The quantitative estimate of drug-likeness (QED) is 0.720. The average molecular weight is 260 g/mol. The van der Waals surface area contributed by atoms with Crippen molar-refractivity contribution in [2.24, 2.45) is 16.5 Å². The molecule has 0 spiro atoms. The van der Waals surface area contributed by atoms with Crippen molar-refractivity contribution in [3.8, 4) is 0 Å². The molecule has 1 heterocycles. The first kappa shape index (κ1) is 14.2. The van der Waals surface area contributed by atoms with Crippen LogP contribution in [-0.4, -0.2) is 4.98 Å². The molecule has 0 amide bonds. The molecule has 3 nitrogen and oxygen atoms in total. The van der Waals surface area contributed by atoms with E-state index in [0.29, 0.717) is 17.0 Å². The normalized spacial score (nSPS) is 19.4. The zero-order valence-electron chi connectivity index (χ0n) is 12.7. The van der Waals surface area contributed by atoms with E-state index in [2.05, 4.69) is 39.8 Å². The molecule has 0 aromatic carbocycles. The second-order valence-corrected chi connectivity index (χ2v) is 7.05. The van der Waals surface area contributed by atoms with Gasteiger partial charge in [0.2, 0.25) is 0 Å². The van der Waals surface area contributed by atoms with Gasteiger partial charge in [-0.05, 0) is 53.3 Å². The molecule has 19 heavy (non-hydrogen) atoms. The van der Waals surface area contributed by atoms with E-state index in [4.69, 9.17) is 4.98 Å². The minimum Gasteiger partial charge on any atom is -0.255 e. The fourth-order valence-corrected chi connectivity index (χ4v) is 2.91. The zero-order chi connectivity index (χ0) is 14.2. The Morgan fingerprint density at radius 3 is 2.58 bits per heavy atom. The van der Waals surface area contributed by atoms with Crippen LogP contribution in [0.5, 0.6) is 0 Å². The lowest BCUT2D eigenvalue weighted by atomic mass is 9.71. The van der Waals surface area contributed by atoms with Crippen molar-refractivity contribution in [2.45, 2.75) is 59.8 Å². The van der Waals surface area contributed by atoms with Gasteiger partial charge in [0.05, 0.1) is 5.69 Å². The first-order valence-electron chi connectivity index (χ1n) is 7.19. The maximum atomic E-state index is 11.0. The maximum Gasteiger partial charge on any atom is 0.130 e. The molecular weight excluding hydrogens is 236 g/mol. The van der Waals surface area contributed by atoms with Crippen LogP contribution in [0.25, 0.3) is 0 Å². The molecule has 0 radical (unpaired) electrons. The third-order valence-corrected chi connectivity index (χ3v) is 4.27. The highest BCUT2D eigenvalue weighted by atomic mass is 16.3. The van der Waals surface area contributed by atoms with Gasteiger partial charge in [-0.3, -0.25) is 4.98 Å². The molecule has 1 unspecified atom stereocenters. The van der Waals surface area contributed by atoms with Crippen molar-refractivity contribution in [2.75, 3.05) is 0 Å². The Kier molecular flexibility index (Phi) is 3.75. The third kappa shape index (κ3) is 2.85. The number of fused-ring (bicyclic) bond motifs is 1. The second kappa shape index (κ2) is 5.03. The van der Waals surface area contributed by atoms with E-state index in [1.807, 2.05) is 6.07 Å². The molecule has 2 rings (SSSR count). The summed E-state index contributed by atoms with van der Waals surface area (Å²) in [6.45, 7) is 11.0. The molecule has 1 aromatic rings. The summed E-state index contributed by atoms with van der Waals surface area (Å²) in [6.07, 6.45) is 3.23. The van der Waals surface area contributed by atoms with E-state index >= 15 is 0 Å². The van der Waals surface area contributed by atoms with Crippen molar-refractivity contribution >= 4 is 5.69 Å². The number of nitrogens with zero attached hydrogens (tertiary/aromatic N) is 2. The van der Waals surface area contributed by atoms with Crippen LogP contribution in [0.2, 0.25) is 0 Å². The summed E-state index contributed by atoms with van der Waals surface area (Å²) in [5, 5.41) is 3.17. The minimum absolute atomic E-state index is 0.248. The van der Waals surface area contributed by atoms with Crippen molar-refractivity contribution in [1.29, 1.82) is 0 Å². The number of nitroso groups, excluding NO2 is 1. The number of aromatic nitrogens is 1. The highest BCUT2D eigenvalue weighted by molar-refractivity contribution is 5.48. The third-order valence-electron chi connectivity index (χ3n) is 4.27. The summed E-state index contributed by atoms with van der Waals surface area (Å²) in [7, 11) is 0. The lowest BCUT2D eigenvalue weighted by molar-refractivity contribution is 0.215. The van der Waals surface area contributed by atoms with Gasteiger partial charge >= 0.3 is 0 Å². The van der Waals surface area contributed by atoms with Gasteiger partial charge in [0.1, 0.15) is 5.69 Å². The monoisotopic (exact) mass is 260 g/mol. The van der Waals surface area contributed by atoms with Crippen LogP contribution in [-0.2, 0) is 12.8 Å². The topological polar surface area (TPSA) is 42.3 Å². The number of hydrogen-bond donors (Lipinski definition) is 0. The van der Waals surface area contributed by atoms with Gasteiger partial charge in [-0.15, -0.1) is 4.91 Å². The van der Waals surface area contributed by atoms with Gasteiger partial charge in [-0.2, -0.15) is 0 Å². The summed E-state index contributed by atoms with van der Waals surface area (Å²) in [6, 6.07) is 1.97. The fourth-order valence-electron chi connectivity index (χ4n) is 2.91. The predicted molar refractivity (Wildman–Crippen MR) is 78.8 cm³/mol. The SMILES string of the molecule is CC(C)c1nc2c(cc1N=O)CC(C(C)(C)C)CC2. The molecule has 1 aliphatic carbocycles. The molecule has 0 saturated carbocycles. The van der Waals surface area contributed by atoms with Gasteiger partial charge in [-0.1, -0.05) is 34.6 Å². The van der Waals surface area contributed by atoms with Gasteiger partial charge in [-0.25, -0.2) is 0 Å². The largest absolute Gasteiger partial charge is 0.255 e. The Hall–Kier alpha value is -1.25. The summed E-state index contributed by atoms with van der Waals surface area (Å²) < 4.78 is 0. The molecular formula is C16H24N2O. The van der Waals surface area contributed by atoms with Crippen LogP contribution < -0.4 is 0 Å². The Bertz CT molecular complexity index is 486. The number of aryl methyl sites for hydroxylation is 1. The Morgan fingerprint density at radius 2 is 2.05 bits per heavy atom. The van der Waals surface area contributed by atoms with Gasteiger partial charge < -0.3 is 0 Å². The Labute approximate surface area is 115 Å². The highest BCUT2D eigenvalue weighted by Gasteiger charge is 2.30. The average Bonchev–Trinajstić information content (AvgIpc) is 2.35. The molecule has 0 bridgehead atoms. The standard InChI is InChI=1S/C16H24N2O/c1-10(2)15-14(18-19)9-11-8-12(16(3,4)5)6-7-13(11)17-15/h9-10,12H,6-8H2,1-5H3. The summed E-state index contributed by atoms with van der Waals surface area (Å²) in [5.41, 5.74) is 4.09. The first-order chi connectivity index (χ1) is 8.82. The van der Waals surface area contributed by atoms with Crippen LogP contribution in [0.15, 0.2) is 11.2 Å². The van der Waals surface area contributed by atoms with Crippen molar-refractivity contribution in [3.63, 3.8) is 0 Å². The second-order valence-electron chi connectivity index (χ2n) is 7.05. The van der Waals surface area contributed by atoms with E-state index in [1.165, 1.54) is 17.7 Å². The van der Waals surface area contributed by atoms with Crippen LogP contribution in [0.1, 0.15) is 63.9 Å². The smallest absolute Gasteiger partial charge is 0.130 e. The number of hydrogen-bond acceptors (Lipinski definition) is 3. The summed E-state index contributed by atoms with van der Waals surface area (Å²) in [4.78, 5) is 15.7. The van der Waals surface area contributed by atoms with E-state index < -0.39 is 0 Å². The van der Waals surface area contributed by atoms with Crippen LogP contribution in [0, 0.1) is 16.2 Å². The molecule has 3 heteroatoms. The number of pyridine rings is 1. The fraction of sp³-hybridized carbons (Fsp3) is 0.688. The Balaban J connectivity index is 2.39. The molecule has 104 valence electrons. The zero-order valence-corrected chi connectivity index (χ0v) is 12.7. The lowest BCUT2D eigenvalue weighted by Crippen LogP contribution is -2.27. The lowest BCUT2D eigenvalue weighted by Gasteiger charge is -2.34. The molecule has 0 aliphatic heterocycles. The van der Waals surface area contributed by atoms with Gasteiger partial charge in [0.25, 0.3) is 0 Å². The van der Waals surface area contributed by atoms with Crippen LogP contribution in [0.3, 0.4) is 0 Å². The molecule has 0 saturated heterocycles. The maximum absolute atomic E-state index is 11.0. The van der Waals surface area contributed by atoms with Gasteiger partial charge in [0.15, 0.2) is 0 Å². The highest BCUT2D eigenvalue weighted by Crippen LogP contribution is 2.39. The summed E-state index contributed by atoms with van der Waals surface area (Å²) >= 11 is 0. The summed E-state index contributed by atoms with van der Waals surface area (Å²) in [5.74, 6) is 0.907. The van der Waals surface area contributed by atoms with Crippen LogP contribution >= 0.6 is 0 Å². The van der Waals surface area contributed by atoms with E-state index in [-0.39, 0.29) is 5.92 Å². The number of rotatable bonds is 2. The first-order valence-corrected chi connectivity index (χ1v) is 7.19. The minimum atomic E-state index is 0.248. The van der Waals surface area contributed by atoms with E-state index in [0.717, 1.165) is 18.5 Å². The molecule has 1 aromatic heterocycles. The van der Waals surface area contributed by atoms with Crippen molar-refractivity contribution in [1.82, 2.24) is 4.98 Å². The van der Waals surface area contributed by atoms with E-state index in [1.54, 1.807) is 0 Å². The molecule has 1 atom stereocenters.